The van der Waals surface area contributed by atoms with Crippen molar-refractivity contribution < 1.29 is 9.59 Å². The Morgan fingerprint density at radius 3 is 2.18 bits per heavy atom. The molecule has 5 nitrogen and oxygen atoms in total. The highest BCUT2D eigenvalue weighted by molar-refractivity contribution is 5.94. The van der Waals surface area contributed by atoms with Gasteiger partial charge >= 0.3 is 0 Å². The van der Waals surface area contributed by atoms with E-state index in [2.05, 4.69) is 6.92 Å². The Hall–Kier alpha value is -1.88. The molecule has 1 heterocycles. The van der Waals surface area contributed by atoms with E-state index in [1.165, 1.54) is 5.56 Å². The van der Waals surface area contributed by atoms with Crippen LogP contribution in [0.15, 0.2) is 24.3 Å². The average Bonchev–Trinajstić information content (AvgIpc) is 2.59. The zero-order valence-electron chi connectivity index (χ0n) is 13.3. The lowest BCUT2D eigenvalue weighted by Crippen LogP contribution is -2.50. The van der Waals surface area contributed by atoms with E-state index in [0.29, 0.717) is 39.1 Å². The molecule has 5 heteroatoms. The van der Waals surface area contributed by atoms with Crippen LogP contribution < -0.4 is 5.73 Å². The summed E-state index contributed by atoms with van der Waals surface area (Å²) in [6.45, 7) is 5.06. The molecule has 120 valence electrons. The van der Waals surface area contributed by atoms with Crippen LogP contribution in [0.1, 0.15) is 35.7 Å². The fourth-order valence-electron chi connectivity index (χ4n) is 2.64. The van der Waals surface area contributed by atoms with Crippen LogP contribution in [0.2, 0.25) is 0 Å². The van der Waals surface area contributed by atoms with Crippen molar-refractivity contribution in [1.82, 2.24) is 9.80 Å². The maximum Gasteiger partial charge on any atom is 0.253 e. The molecule has 0 atom stereocenters. The quantitative estimate of drug-likeness (QED) is 0.891. The molecule has 1 fully saturated rings. The maximum absolute atomic E-state index is 12.5. The minimum Gasteiger partial charge on any atom is -0.339 e. The molecule has 2 N–H and O–H groups in total. The summed E-state index contributed by atoms with van der Waals surface area (Å²) in [5.74, 6) is 0.196. The van der Waals surface area contributed by atoms with Crippen LogP contribution in [0.3, 0.4) is 0 Å². The van der Waals surface area contributed by atoms with Gasteiger partial charge in [-0.1, -0.05) is 19.1 Å². The lowest BCUT2D eigenvalue weighted by Gasteiger charge is -2.35. The third-order valence-corrected chi connectivity index (χ3v) is 4.12. The Labute approximate surface area is 132 Å². The summed E-state index contributed by atoms with van der Waals surface area (Å²) >= 11 is 0. The van der Waals surface area contributed by atoms with E-state index in [4.69, 9.17) is 5.73 Å². The minimum absolute atomic E-state index is 0.0525. The number of aryl methyl sites for hydroxylation is 1. The number of nitrogens with two attached hydrogens (primary N) is 1. The largest absolute Gasteiger partial charge is 0.339 e. The van der Waals surface area contributed by atoms with E-state index >= 15 is 0 Å². The van der Waals surface area contributed by atoms with Gasteiger partial charge in [0.15, 0.2) is 0 Å². The number of rotatable bonds is 5. The molecule has 1 aromatic carbocycles. The number of carbonyl (C=O) groups is 2. The number of nitrogens with zero attached hydrogens (tertiary/aromatic N) is 2. The van der Waals surface area contributed by atoms with E-state index < -0.39 is 0 Å². The highest BCUT2D eigenvalue weighted by Gasteiger charge is 2.24. The van der Waals surface area contributed by atoms with Crippen LogP contribution >= 0.6 is 0 Å². The first-order valence-electron chi connectivity index (χ1n) is 8.01. The van der Waals surface area contributed by atoms with Crippen molar-refractivity contribution in [2.75, 3.05) is 32.7 Å². The van der Waals surface area contributed by atoms with Gasteiger partial charge in [-0.25, -0.2) is 0 Å². The van der Waals surface area contributed by atoms with Gasteiger partial charge < -0.3 is 15.5 Å². The second kappa shape index (κ2) is 7.94. The highest BCUT2D eigenvalue weighted by Crippen LogP contribution is 2.11. The fraction of sp³-hybridized carbons (Fsp3) is 0.529. The average molecular weight is 303 g/mol. The minimum atomic E-state index is 0.0525. The SMILES string of the molecule is CCc1ccc(C(=O)N2CCN(C(=O)CCCN)CC2)cc1. The Balaban J connectivity index is 1.87. The number of piperazine rings is 1. The summed E-state index contributed by atoms with van der Waals surface area (Å²) in [7, 11) is 0. The summed E-state index contributed by atoms with van der Waals surface area (Å²) < 4.78 is 0. The van der Waals surface area contributed by atoms with Gasteiger partial charge in [0.2, 0.25) is 5.91 Å². The van der Waals surface area contributed by atoms with Gasteiger partial charge in [0.05, 0.1) is 0 Å². The van der Waals surface area contributed by atoms with Crippen molar-refractivity contribution >= 4 is 11.8 Å². The molecule has 1 aromatic rings. The topological polar surface area (TPSA) is 66.6 Å². The third-order valence-electron chi connectivity index (χ3n) is 4.12. The molecule has 1 aliphatic rings. The molecule has 0 aliphatic carbocycles. The van der Waals surface area contributed by atoms with Gasteiger partial charge in [0, 0.05) is 38.2 Å². The zero-order chi connectivity index (χ0) is 15.9. The van der Waals surface area contributed by atoms with E-state index in [9.17, 15) is 9.59 Å². The van der Waals surface area contributed by atoms with Crippen molar-refractivity contribution in [2.45, 2.75) is 26.2 Å². The molecule has 1 saturated heterocycles. The number of hydrogen-bond donors (Lipinski definition) is 1. The Morgan fingerprint density at radius 2 is 1.64 bits per heavy atom. The van der Waals surface area contributed by atoms with Crippen molar-refractivity contribution in [3.05, 3.63) is 35.4 Å². The first kappa shape index (κ1) is 16.5. The molecule has 2 amide bonds. The van der Waals surface area contributed by atoms with Crippen molar-refractivity contribution in [2.24, 2.45) is 5.73 Å². The van der Waals surface area contributed by atoms with Crippen molar-refractivity contribution in [1.29, 1.82) is 0 Å². The molecular weight excluding hydrogens is 278 g/mol. The number of hydrogen-bond acceptors (Lipinski definition) is 3. The van der Waals surface area contributed by atoms with Gasteiger partial charge in [-0.2, -0.15) is 0 Å². The summed E-state index contributed by atoms with van der Waals surface area (Å²) in [6, 6.07) is 7.78. The molecular formula is C17H25N3O2. The second-order valence-corrected chi connectivity index (χ2v) is 5.62. The summed E-state index contributed by atoms with van der Waals surface area (Å²) in [5.41, 5.74) is 7.38. The number of amides is 2. The van der Waals surface area contributed by atoms with Gasteiger partial charge in [-0.05, 0) is 37.1 Å². The predicted molar refractivity (Wildman–Crippen MR) is 86.6 cm³/mol. The summed E-state index contributed by atoms with van der Waals surface area (Å²) in [4.78, 5) is 28.1. The fourth-order valence-corrected chi connectivity index (χ4v) is 2.64. The Bertz CT molecular complexity index is 505. The maximum atomic E-state index is 12.5. The van der Waals surface area contributed by atoms with Crippen LogP contribution in [-0.2, 0) is 11.2 Å². The van der Waals surface area contributed by atoms with Crippen LogP contribution in [0.25, 0.3) is 0 Å². The Morgan fingerprint density at radius 1 is 1.05 bits per heavy atom. The second-order valence-electron chi connectivity index (χ2n) is 5.62. The van der Waals surface area contributed by atoms with Gasteiger partial charge in [0.1, 0.15) is 0 Å². The number of carbonyl (C=O) groups excluding carboxylic acids is 2. The first-order valence-corrected chi connectivity index (χ1v) is 8.01. The monoisotopic (exact) mass is 303 g/mol. The molecule has 0 saturated carbocycles. The van der Waals surface area contributed by atoms with Gasteiger partial charge in [-0.15, -0.1) is 0 Å². The van der Waals surface area contributed by atoms with Crippen LogP contribution in [0, 0.1) is 0 Å². The lowest BCUT2D eigenvalue weighted by molar-refractivity contribution is -0.132. The van der Waals surface area contributed by atoms with Crippen molar-refractivity contribution in [3.8, 4) is 0 Å². The molecule has 22 heavy (non-hydrogen) atoms. The van der Waals surface area contributed by atoms with Crippen LogP contribution in [0.5, 0.6) is 0 Å². The van der Waals surface area contributed by atoms with E-state index in [-0.39, 0.29) is 11.8 Å². The molecule has 0 unspecified atom stereocenters. The highest BCUT2D eigenvalue weighted by atomic mass is 16.2. The normalized spacial score (nSPS) is 15.0. The molecule has 0 radical (unpaired) electrons. The van der Waals surface area contributed by atoms with E-state index in [1.807, 2.05) is 34.1 Å². The smallest absolute Gasteiger partial charge is 0.253 e. The van der Waals surface area contributed by atoms with Gasteiger partial charge in [-0.3, -0.25) is 9.59 Å². The van der Waals surface area contributed by atoms with E-state index in [1.54, 1.807) is 0 Å². The Kier molecular flexibility index (Phi) is 5.95. The first-order chi connectivity index (χ1) is 10.7. The zero-order valence-corrected chi connectivity index (χ0v) is 13.3. The molecule has 0 bridgehead atoms. The number of benzene rings is 1. The standard InChI is InChI=1S/C17H25N3O2/c1-2-14-5-7-15(8-6-14)17(22)20-12-10-19(11-13-20)16(21)4-3-9-18/h5-8H,2-4,9-13,18H2,1H3. The molecule has 2 rings (SSSR count). The molecule has 1 aliphatic heterocycles. The van der Waals surface area contributed by atoms with Crippen molar-refractivity contribution in [3.63, 3.8) is 0 Å². The van der Waals surface area contributed by atoms with Crippen LogP contribution in [-0.4, -0.2) is 54.3 Å². The summed E-state index contributed by atoms with van der Waals surface area (Å²) in [5, 5.41) is 0. The lowest BCUT2D eigenvalue weighted by atomic mass is 10.1. The van der Waals surface area contributed by atoms with E-state index in [0.717, 1.165) is 18.4 Å². The van der Waals surface area contributed by atoms with Gasteiger partial charge in [0.25, 0.3) is 5.91 Å². The molecule has 0 spiro atoms. The van der Waals surface area contributed by atoms with Crippen LogP contribution in [0.4, 0.5) is 0 Å². The predicted octanol–water partition coefficient (Wildman–Crippen LogP) is 1.27. The third kappa shape index (κ3) is 4.07. The molecule has 0 aromatic heterocycles. The summed E-state index contributed by atoms with van der Waals surface area (Å²) in [6.07, 6.45) is 2.20.